The van der Waals surface area contributed by atoms with E-state index in [1.54, 1.807) is 13.0 Å². The van der Waals surface area contributed by atoms with Gasteiger partial charge in [0.25, 0.3) is 5.88 Å². The number of fused-ring (bicyclic) bond motifs is 2. The SMILES string of the molecule is COc1c(Nc2ccc(S(=O)(=O)C3CC3)nc2C)ncnc1O[C@H]1CC2CC[C@@H](C1)N2C(=O)OC(C)(C)C. The Labute approximate surface area is 223 Å². The summed E-state index contributed by atoms with van der Waals surface area (Å²) in [6.45, 7) is 7.36. The van der Waals surface area contributed by atoms with Crippen LogP contribution < -0.4 is 14.8 Å². The Bertz CT molecular complexity index is 1310. The van der Waals surface area contributed by atoms with Crippen LogP contribution in [0, 0.1) is 6.92 Å². The van der Waals surface area contributed by atoms with E-state index in [1.165, 1.54) is 19.5 Å². The van der Waals surface area contributed by atoms with E-state index in [9.17, 15) is 13.2 Å². The summed E-state index contributed by atoms with van der Waals surface area (Å²) in [5, 5.41) is 2.96. The van der Waals surface area contributed by atoms with Crippen molar-refractivity contribution in [1.29, 1.82) is 0 Å². The average Bonchev–Trinajstić information content (AvgIpc) is 3.65. The first kappa shape index (κ1) is 26.5. The van der Waals surface area contributed by atoms with Crippen LogP contribution in [-0.4, -0.2) is 70.5 Å². The van der Waals surface area contributed by atoms with Crippen LogP contribution in [0.3, 0.4) is 0 Å². The predicted octanol–water partition coefficient (Wildman–Crippen LogP) is 4.18. The number of pyridine rings is 1. The number of sulfone groups is 1. The van der Waals surface area contributed by atoms with Crippen molar-refractivity contribution in [3.05, 3.63) is 24.2 Å². The van der Waals surface area contributed by atoms with E-state index in [2.05, 4.69) is 20.3 Å². The second-order valence-corrected chi connectivity index (χ2v) is 13.4. The number of carbonyl (C=O) groups excluding carboxylic acids is 1. The van der Waals surface area contributed by atoms with Gasteiger partial charge in [0.1, 0.15) is 18.0 Å². The molecule has 5 rings (SSSR count). The number of methoxy groups -OCH3 is 1. The van der Waals surface area contributed by atoms with Crippen LogP contribution in [0.2, 0.25) is 0 Å². The fraction of sp³-hybridized carbons (Fsp3) is 0.615. The molecular formula is C26H35N5O6S. The molecule has 3 fully saturated rings. The lowest BCUT2D eigenvalue weighted by atomic mass is 10.0. The molecule has 206 valence electrons. The predicted molar refractivity (Wildman–Crippen MR) is 140 cm³/mol. The molecule has 2 aromatic heterocycles. The van der Waals surface area contributed by atoms with Crippen molar-refractivity contribution < 1.29 is 27.4 Å². The largest absolute Gasteiger partial charge is 0.489 e. The highest BCUT2D eigenvalue weighted by Gasteiger charge is 2.46. The Balaban J connectivity index is 1.30. The second kappa shape index (κ2) is 9.87. The number of hydrogen-bond acceptors (Lipinski definition) is 10. The number of aromatic nitrogens is 3. The van der Waals surface area contributed by atoms with Gasteiger partial charge in [-0.15, -0.1) is 0 Å². The minimum absolute atomic E-state index is 0.0539. The van der Waals surface area contributed by atoms with Crippen molar-refractivity contribution in [3.8, 4) is 11.6 Å². The van der Waals surface area contributed by atoms with E-state index < -0.39 is 15.4 Å². The van der Waals surface area contributed by atoms with E-state index >= 15 is 0 Å². The number of aryl methyl sites for hydroxylation is 1. The molecule has 2 bridgehead atoms. The molecule has 3 aliphatic rings. The molecule has 2 aromatic rings. The second-order valence-electron chi connectivity index (χ2n) is 11.2. The zero-order valence-electron chi connectivity index (χ0n) is 22.4. The lowest BCUT2D eigenvalue weighted by molar-refractivity contribution is -0.00792. The highest BCUT2D eigenvalue weighted by molar-refractivity contribution is 7.92. The Kier molecular flexibility index (Phi) is 6.87. The van der Waals surface area contributed by atoms with Crippen molar-refractivity contribution in [2.75, 3.05) is 12.4 Å². The molecule has 3 atom stereocenters. The topological polar surface area (TPSA) is 133 Å². The molecule has 0 radical (unpaired) electrons. The van der Waals surface area contributed by atoms with Crippen molar-refractivity contribution in [2.45, 2.75) is 100 Å². The zero-order valence-corrected chi connectivity index (χ0v) is 23.2. The van der Waals surface area contributed by atoms with Gasteiger partial charge in [0.15, 0.2) is 20.7 Å². The van der Waals surface area contributed by atoms with Gasteiger partial charge in [-0.25, -0.2) is 23.2 Å². The smallest absolute Gasteiger partial charge is 0.410 e. The van der Waals surface area contributed by atoms with E-state index in [1.807, 2.05) is 25.7 Å². The van der Waals surface area contributed by atoms with E-state index in [0.717, 1.165) is 12.8 Å². The van der Waals surface area contributed by atoms with E-state index in [0.29, 0.717) is 54.5 Å². The third-order valence-corrected chi connectivity index (χ3v) is 9.28. The number of piperidine rings is 1. The van der Waals surface area contributed by atoms with Crippen LogP contribution in [0.25, 0.3) is 0 Å². The van der Waals surface area contributed by atoms with Gasteiger partial charge >= 0.3 is 6.09 Å². The minimum Gasteiger partial charge on any atom is -0.489 e. The van der Waals surface area contributed by atoms with Crippen molar-refractivity contribution in [1.82, 2.24) is 19.9 Å². The summed E-state index contributed by atoms with van der Waals surface area (Å²) >= 11 is 0. The number of anilines is 2. The number of hydrogen-bond donors (Lipinski definition) is 1. The van der Waals surface area contributed by atoms with Gasteiger partial charge in [0.05, 0.1) is 23.7 Å². The maximum Gasteiger partial charge on any atom is 0.410 e. The van der Waals surface area contributed by atoms with Crippen LogP contribution in [0.4, 0.5) is 16.3 Å². The maximum absolute atomic E-state index is 12.8. The van der Waals surface area contributed by atoms with Crippen LogP contribution in [-0.2, 0) is 14.6 Å². The molecule has 1 unspecified atom stereocenters. The van der Waals surface area contributed by atoms with Gasteiger partial charge in [-0.2, -0.15) is 4.98 Å². The number of ether oxygens (including phenoxy) is 3. The molecule has 12 heteroatoms. The first-order valence-electron chi connectivity index (χ1n) is 13.0. The van der Waals surface area contributed by atoms with Crippen molar-refractivity contribution >= 4 is 27.4 Å². The molecule has 2 saturated heterocycles. The highest BCUT2D eigenvalue weighted by atomic mass is 32.2. The molecule has 38 heavy (non-hydrogen) atoms. The molecule has 11 nitrogen and oxygen atoms in total. The molecule has 0 spiro atoms. The number of nitrogens with one attached hydrogen (secondary N) is 1. The fourth-order valence-electron chi connectivity index (χ4n) is 5.21. The molecule has 1 saturated carbocycles. The normalized spacial score (nSPS) is 23.2. The van der Waals surface area contributed by atoms with Gasteiger partial charge in [-0.1, -0.05) is 0 Å². The first-order chi connectivity index (χ1) is 18.0. The lowest BCUT2D eigenvalue weighted by Crippen LogP contribution is -2.50. The average molecular weight is 546 g/mol. The standard InChI is InChI=1S/C26H35N5O6S/c1-15-20(10-11-21(29-15)38(33,34)19-8-9-19)30-23-22(35-5)24(28-14-27-23)36-18-12-16-6-7-17(13-18)31(16)25(32)37-26(2,3)4/h10-11,14,16-19H,6-9,12-13H2,1-5H3,(H,27,28,30)/t16-,17?,18+/m0/s1. The summed E-state index contributed by atoms with van der Waals surface area (Å²) in [5.74, 6) is 1.02. The number of amides is 1. The van der Waals surface area contributed by atoms with Crippen molar-refractivity contribution in [2.24, 2.45) is 0 Å². The Morgan fingerprint density at radius 3 is 2.34 bits per heavy atom. The fourth-order valence-corrected chi connectivity index (χ4v) is 6.83. The Morgan fingerprint density at radius 1 is 1.08 bits per heavy atom. The monoisotopic (exact) mass is 545 g/mol. The van der Waals surface area contributed by atoms with Gasteiger partial charge in [-0.3, -0.25) is 0 Å². The van der Waals surface area contributed by atoms with Crippen LogP contribution in [0.1, 0.15) is 65.0 Å². The van der Waals surface area contributed by atoms with Crippen LogP contribution in [0.15, 0.2) is 23.5 Å². The summed E-state index contributed by atoms with van der Waals surface area (Å²) < 4.78 is 42.7. The van der Waals surface area contributed by atoms with E-state index in [4.69, 9.17) is 14.2 Å². The van der Waals surface area contributed by atoms with E-state index in [-0.39, 0.29) is 34.6 Å². The molecule has 0 aromatic carbocycles. The summed E-state index contributed by atoms with van der Waals surface area (Å²) in [6, 6.07) is 3.31. The summed E-state index contributed by atoms with van der Waals surface area (Å²) in [5.41, 5.74) is 0.591. The lowest BCUT2D eigenvalue weighted by Gasteiger charge is -2.39. The molecule has 4 heterocycles. The Hall–Kier alpha value is -3.15. The molecule has 1 amide bonds. The van der Waals surface area contributed by atoms with Gasteiger partial charge in [0, 0.05) is 24.9 Å². The minimum atomic E-state index is -3.38. The van der Waals surface area contributed by atoms with Crippen molar-refractivity contribution in [3.63, 3.8) is 0 Å². The zero-order chi connectivity index (χ0) is 27.2. The third kappa shape index (κ3) is 5.36. The number of nitrogens with zero attached hydrogens (tertiary/aromatic N) is 4. The van der Waals surface area contributed by atoms with Crippen LogP contribution >= 0.6 is 0 Å². The molecular weight excluding hydrogens is 510 g/mol. The third-order valence-electron chi connectivity index (χ3n) is 7.12. The first-order valence-corrected chi connectivity index (χ1v) is 14.6. The maximum atomic E-state index is 12.8. The molecule has 1 aliphatic carbocycles. The molecule has 2 aliphatic heterocycles. The Morgan fingerprint density at radius 2 is 1.76 bits per heavy atom. The summed E-state index contributed by atoms with van der Waals surface area (Å²) in [6.07, 6.45) is 5.52. The number of carbonyl (C=O) groups is 1. The van der Waals surface area contributed by atoms with Gasteiger partial charge in [0.2, 0.25) is 5.75 Å². The quantitative estimate of drug-likeness (QED) is 0.540. The molecule has 1 N–H and O–H groups in total. The van der Waals surface area contributed by atoms with Crippen LogP contribution in [0.5, 0.6) is 11.6 Å². The van der Waals surface area contributed by atoms with Gasteiger partial charge in [-0.05, 0) is 65.5 Å². The summed E-state index contributed by atoms with van der Waals surface area (Å²) in [4.78, 5) is 27.6. The highest BCUT2D eigenvalue weighted by Crippen LogP contribution is 2.41. The summed E-state index contributed by atoms with van der Waals surface area (Å²) in [7, 11) is -1.86. The number of rotatable bonds is 7. The van der Waals surface area contributed by atoms with Gasteiger partial charge < -0.3 is 24.4 Å².